The Morgan fingerprint density at radius 1 is 1.08 bits per heavy atom. The van der Waals surface area contributed by atoms with Crippen molar-refractivity contribution in [2.24, 2.45) is 5.92 Å². The van der Waals surface area contributed by atoms with Crippen molar-refractivity contribution in [1.29, 1.82) is 0 Å². The minimum Gasteiger partial charge on any atom is -0.357 e. The minimum atomic E-state index is -0.193. The third kappa shape index (κ3) is 3.93. The molecule has 2 heterocycles. The number of hydrogen-bond donors (Lipinski definition) is 1. The number of amides is 1. The van der Waals surface area contributed by atoms with Crippen LogP contribution < -0.4 is 5.43 Å². The summed E-state index contributed by atoms with van der Waals surface area (Å²) in [6, 6.07) is 10.5. The predicted octanol–water partition coefficient (Wildman–Crippen LogP) is 3.23. The first-order valence-electron chi connectivity index (χ1n) is 9.08. The van der Waals surface area contributed by atoms with E-state index in [2.05, 4.69) is 18.8 Å². The summed E-state index contributed by atoms with van der Waals surface area (Å²) in [4.78, 5) is 41.1. The molecule has 1 fully saturated rings. The quantitative estimate of drug-likeness (QED) is 0.859. The van der Waals surface area contributed by atoms with E-state index < -0.39 is 0 Å². The van der Waals surface area contributed by atoms with Crippen molar-refractivity contribution in [3.63, 3.8) is 0 Å². The highest BCUT2D eigenvalue weighted by atomic mass is 16.2. The smallest absolute Gasteiger partial charge is 0.270 e. The first-order chi connectivity index (χ1) is 12.5. The summed E-state index contributed by atoms with van der Waals surface area (Å²) < 4.78 is 0. The molecule has 136 valence electrons. The van der Waals surface area contributed by atoms with Crippen LogP contribution >= 0.6 is 0 Å². The Morgan fingerprint density at radius 2 is 1.73 bits per heavy atom. The van der Waals surface area contributed by atoms with E-state index in [0.717, 1.165) is 5.56 Å². The van der Waals surface area contributed by atoms with E-state index in [1.165, 1.54) is 23.9 Å². The molecule has 1 aliphatic rings. The number of rotatable bonds is 4. The number of carbonyl (C=O) groups is 2. The number of pyridine rings is 1. The number of H-pyrrole nitrogens is 1. The lowest BCUT2D eigenvalue weighted by atomic mass is 9.88. The first-order valence-corrected chi connectivity index (χ1v) is 9.08. The summed E-state index contributed by atoms with van der Waals surface area (Å²) in [5.74, 6) is 0.354. The Hall–Kier alpha value is -2.69. The normalized spacial score (nSPS) is 15.3. The van der Waals surface area contributed by atoms with E-state index in [1.807, 2.05) is 24.3 Å². The van der Waals surface area contributed by atoms with Crippen LogP contribution in [0.5, 0.6) is 0 Å². The Balaban J connectivity index is 1.61. The number of likely N-dealkylation sites (tertiary alicyclic amines) is 1. The lowest BCUT2D eigenvalue weighted by Crippen LogP contribution is -2.40. The van der Waals surface area contributed by atoms with Crippen LogP contribution in [0.4, 0.5) is 0 Å². The highest BCUT2D eigenvalue weighted by molar-refractivity contribution is 5.98. The van der Waals surface area contributed by atoms with Gasteiger partial charge in [-0.3, -0.25) is 14.4 Å². The number of nitrogens with one attached hydrogen (secondary N) is 1. The average molecular weight is 352 g/mol. The Labute approximate surface area is 153 Å². The van der Waals surface area contributed by atoms with Gasteiger partial charge >= 0.3 is 0 Å². The average Bonchev–Trinajstić information content (AvgIpc) is 2.67. The van der Waals surface area contributed by atoms with Gasteiger partial charge in [-0.2, -0.15) is 0 Å². The van der Waals surface area contributed by atoms with Crippen molar-refractivity contribution in [3.8, 4) is 0 Å². The number of aromatic nitrogens is 1. The zero-order valence-corrected chi connectivity index (χ0v) is 15.2. The second-order valence-electron chi connectivity index (χ2n) is 7.15. The molecule has 1 saturated heterocycles. The van der Waals surface area contributed by atoms with Crippen LogP contribution in [-0.4, -0.2) is 34.7 Å². The van der Waals surface area contributed by atoms with E-state index in [-0.39, 0.29) is 23.0 Å². The summed E-state index contributed by atoms with van der Waals surface area (Å²) in [5.41, 5.74) is 2.07. The fraction of sp³-hybridized carbons (Fsp3) is 0.381. The van der Waals surface area contributed by atoms with Crippen LogP contribution in [0.1, 0.15) is 59.0 Å². The van der Waals surface area contributed by atoms with Gasteiger partial charge in [0.1, 0.15) is 5.69 Å². The highest BCUT2D eigenvalue weighted by Crippen LogP contribution is 2.24. The first kappa shape index (κ1) is 18.1. The highest BCUT2D eigenvalue weighted by Gasteiger charge is 2.28. The third-order valence-corrected chi connectivity index (χ3v) is 5.02. The van der Waals surface area contributed by atoms with Gasteiger partial charge in [-0.1, -0.05) is 38.1 Å². The van der Waals surface area contributed by atoms with E-state index in [0.29, 0.717) is 37.5 Å². The summed E-state index contributed by atoms with van der Waals surface area (Å²) >= 11 is 0. The molecule has 2 aromatic rings. The number of Topliss-reactive ketones (excluding diaryl/α,β-unsaturated/α-hetero) is 1. The van der Waals surface area contributed by atoms with Gasteiger partial charge in [0.05, 0.1) is 0 Å². The molecular formula is C21H24N2O3. The fourth-order valence-electron chi connectivity index (χ4n) is 3.35. The zero-order chi connectivity index (χ0) is 18.7. The summed E-state index contributed by atoms with van der Waals surface area (Å²) in [5, 5.41) is 0. The van der Waals surface area contributed by atoms with Crippen molar-refractivity contribution in [2.75, 3.05) is 13.1 Å². The van der Waals surface area contributed by atoms with E-state index in [1.54, 1.807) is 4.90 Å². The summed E-state index contributed by atoms with van der Waals surface area (Å²) in [6.45, 7) is 5.31. The lowest BCUT2D eigenvalue weighted by Gasteiger charge is -2.31. The molecule has 1 aromatic heterocycles. The van der Waals surface area contributed by atoms with Crippen LogP contribution in [0.15, 0.2) is 47.4 Å². The van der Waals surface area contributed by atoms with Gasteiger partial charge in [0.25, 0.3) is 5.91 Å². The second kappa shape index (κ2) is 7.68. The molecule has 0 aliphatic carbocycles. The molecule has 5 heteroatoms. The number of benzene rings is 1. The SMILES string of the molecule is CC(C)c1ccc(C(=O)C2CCN(C(=O)c3cc(=O)cc[nH]3)CC2)cc1. The lowest BCUT2D eigenvalue weighted by molar-refractivity contribution is 0.0645. The van der Waals surface area contributed by atoms with Crippen molar-refractivity contribution in [1.82, 2.24) is 9.88 Å². The number of nitrogens with zero attached hydrogens (tertiary/aromatic N) is 1. The fourth-order valence-corrected chi connectivity index (χ4v) is 3.35. The van der Waals surface area contributed by atoms with Gasteiger partial charge in [0.2, 0.25) is 0 Å². The van der Waals surface area contributed by atoms with Gasteiger partial charge in [-0.25, -0.2) is 0 Å². The van der Waals surface area contributed by atoms with Crippen LogP contribution in [0.25, 0.3) is 0 Å². The van der Waals surface area contributed by atoms with Crippen LogP contribution in [-0.2, 0) is 0 Å². The molecule has 1 amide bonds. The van der Waals surface area contributed by atoms with Gasteiger partial charge in [-0.05, 0) is 24.3 Å². The largest absolute Gasteiger partial charge is 0.357 e. The van der Waals surface area contributed by atoms with Crippen molar-refractivity contribution in [2.45, 2.75) is 32.6 Å². The number of aromatic amines is 1. The maximum atomic E-state index is 12.7. The van der Waals surface area contributed by atoms with Crippen LogP contribution in [0, 0.1) is 5.92 Å². The maximum Gasteiger partial charge on any atom is 0.270 e. The van der Waals surface area contributed by atoms with Gasteiger partial charge in [-0.15, -0.1) is 0 Å². The second-order valence-corrected chi connectivity index (χ2v) is 7.15. The molecule has 1 aliphatic heterocycles. The molecule has 1 aromatic carbocycles. The molecule has 0 spiro atoms. The summed E-state index contributed by atoms with van der Waals surface area (Å²) in [7, 11) is 0. The number of piperidine rings is 1. The molecule has 3 rings (SSSR count). The topological polar surface area (TPSA) is 70.2 Å². The maximum absolute atomic E-state index is 12.7. The Kier molecular flexibility index (Phi) is 5.35. The zero-order valence-electron chi connectivity index (χ0n) is 15.2. The van der Waals surface area contributed by atoms with Crippen molar-refractivity contribution >= 4 is 11.7 Å². The standard InChI is InChI=1S/C21H24N2O3/c1-14(2)15-3-5-16(6-4-15)20(25)17-8-11-23(12-9-17)21(26)19-13-18(24)7-10-22-19/h3-7,10,13-14,17H,8-9,11-12H2,1-2H3,(H,22,24). The van der Waals surface area contributed by atoms with Gasteiger partial charge in [0, 0.05) is 42.9 Å². The molecule has 5 nitrogen and oxygen atoms in total. The van der Waals surface area contributed by atoms with Crippen molar-refractivity contribution < 1.29 is 9.59 Å². The van der Waals surface area contributed by atoms with E-state index in [9.17, 15) is 14.4 Å². The third-order valence-electron chi connectivity index (χ3n) is 5.02. The van der Waals surface area contributed by atoms with Crippen molar-refractivity contribution in [3.05, 3.63) is 69.6 Å². The monoisotopic (exact) mass is 352 g/mol. The minimum absolute atomic E-state index is 0.0567. The molecule has 0 saturated carbocycles. The number of hydrogen-bond acceptors (Lipinski definition) is 3. The molecular weight excluding hydrogens is 328 g/mol. The molecule has 0 atom stereocenters. The number of ketones is 1. The van der Waals surface area contributed by atoms with E-state index >= 15 is 0 Å². The Bertz CT molecular complexity index is 844. The molecule has 0 radical (unpaired) electrons. The summed E-state index contributed by atoms with van der Waals surface area (Å²) in [6.07, 6.45) is 2.77. The van der Waals surface area contributed by atoms with Crippen LogP contribution in [0.3, 0.4) is 0 Å². The van der Waals surface area contributed by atoms with Gasteiger partial charge < -0.3 is 9.88 Å². The molecule has 1 N–H and O–H groups in total. The molecule has 26 heavy (non-hydrogen) atoms. The molecule has 0 unspecified atom stereocenters. The predicted molar refractivity (Wildman–Crippen MR) is 101 cm³/mol. The Morgan fingerprint density at radius 3 is 2.31 bits per heavy atom. The van der Waals surface area contributed by atoms with Crippen LogP contribution in [0.2, 0.25) is 0 Å². The van der Waals surface area contributed by atoms with Gasteiger partial charge in [0.15, 0.2) is 11.2 Å². The van der Waals surface area contributed by atoms with E-state index in [4.69, 9.17) is 0 Å². The molecule has 0 bridgehead atoms. The number of carbonyl (C=O) groups excluding carboxylic acids is 2.